The SMILES string of the molecule is NC(=O)N1c2ccccc2C[C@H](OC(=O)c2ccc([N+](=O)[O-])cc2)c2ccccc21. The van der Waals surface area contributed by atoms with Crippen LogP contribution in [0.2, 0.25) is 0 Å². The summed E-state index contributed by atoms with van der Waals surface area (Å²) >= 11 is 0. The quantitative estimate of drug-likeness (QED) is 0.398. The van der Waals surface area contributed by atoms with E-state index < -0.39 is 23.0 Å². The Hall–Kier alpha value is -4.20. The Kier molecular flexibility index (Phi) is 4.89. The van der Waals surface area contributed by atoms with Gasteiger partial charge in [-0.1, -0.05) is 36.4 Å². The third kappa shape index (κ3) is 3.46. The summed E-state index contributed by atoms with van der Waals surface area (Å²) in [5.41, 5.74) is 8.36. The molecular formula is C22H17N3O5. The number of amides is 2. The number of rotatable bonds is 3. The number of esters is 1. The number of para-hydroxylation sites is 2. The number of non-ortho nitro benzene ring substituents is 1. The van der Waals surface area contributed by atoms with E-state index in [-0.39, 0.29) is 11.3 Å². The number of fused-ring (bicyclic) bond motifs is 2. The summed E-state index contributed by atoms with van der Waals surface area (Å²) < 4.78 is 5.78. The van der Waals surface area contributed by atoms with Gasteiger partial charge in [-0.15, -0.1) is 0 Å². The summed E-state index contributed by atoms with van der Waals surface area (Å²) in [5, 5.41) is 10.8. The van der Waals surface area contributed by atoms with E-state index in [0.29, 0.717) is 23.4 Å². The lowest BCUT2D eigenvalue weighted by atomic mass is 10.0. The van der Waals surface area contributed by atoms with E-state index in [1.165, 1.54) is 29.2 Å². The standard InChI is InChI=1S/C22H17N3O5/c23-22(27)24-18-7-3-1-5-15(18)13-20(17-6-2-4-8-19(17)24)30-21(26)14-9-11-16(12-10-14)25(28)29/h1-12,20H,13H2,(H2,23,27)/t20-/m0/s1. The summed E-state index contributed by atoms with van der Waals surface area (Å²) in [5.74, 6) is -0.616. The third-order valence-electron chi connectivity index (χ3n) is 4.95. The molecule has 0 spiro atoms. The Morgan fingerprint density at radius 3 is 2.27 bits per heavy atom. The molecule has 1 aliphatic heterocycles. The van der Waals surface area contributed by atoms with Crippen molar-refractivity contribution in [3.63, 3.8) is 0 Å². The second kappa shape index (κ2) is 7.67. The number of nitro benzene ring substituents is 1. The van der Waals surface area contributed by atoms with E-state index in [4.69, 9.17) is 10.5 Å². The second-order valence-corrected chi connectivity index (χ2v) is 6.76. The van der Waals surface area contributed by atoms with Crippen LogP contribution in [0.3, 0.4) is 0 Å². The lowest BCUT2D eigenvalue weighted by Crippen LogP contribution is -2.32. The first kappa shape index (κ1) is 19.1. The number of hydrogen-bond acceptors (Lipinski definition) is 5. The van der Waals surface area contributed by atoms with Crippen molar-refractivity contribution in [1.82, 2.24) is 0 Å². The Bertz CT molecular complexity index is 1140. The maximum absolute atomic E-state index is 12.7. The number of carbonyl (C=O) groups is 2. The van der Waals surface area contributed by atoms with Gasteiger partial charge in [-0.3, -0.25) is 15.0 Å². The van der Waals surface area contributed by atoms with Gasteiger partial charge in [0.05, 0.1) is 21.9 Å². The van der Waals surface area contributed by atoms with Crippen molar-refractivity contribution in [1.29, 1.82) is 0 Å². The predicted molar refractivity (Wildman–Crippen MR) is 110 cm³/mol. The van der Waals surface area contributed by atoms with Gasteiger partial charge in [-0.2, -0.15) is 0 Å². The molecule has 3 aromatic rings. The van der Waals surface area contributed by atoms with E-state index in [9.17, 15) is 19.7 Å². The lowest BCUT2D eigenvalue weighted by Gasteiger charge is -2.23. The summed E-state index contributed by atoms with van der Waals surface area (Å²) in [6.07, 6.45) is -0.329. The summed E-state index contributed by atoms with van der Waals surface area (Å²) in [7, 11) is 0. The van der Waals surface area contributed by atoms with Crippen molar-refractivity contribution in [2.45, 2.75) is 12.5 Å². The normalized spacial score (nSPS) is 14.8. The Morgan fingerprint density at radius 2 is 1.60 bits per heavy atom. The highest BCUT2D eigenvalue weighted by atomic mass is 16.6. The molecule has 1 heterocycles. The smallest absolute Gasteiger partial charge is 0.338 e. The maximum Gasteiger partial charge on any atom is 0.338 e. The summed E-state index contributed by atoms with van der Waals surface area (Å²) in [6, 6.07) is 18.9. The molecule has 0 aromatic heterocycles. The highest BCUT2D eigenvalue weighted by Gasteiger charge is 2.31. The third-order valence-corrected chi connectivity index (χ3v) is 4.95. The van der Waals surface area contributed by atoms with Gasteiger partial charge in [-0.25, -0.2) is 9.59 Å². The van der Waals surface area contributed by atoms with Crippen LogP contribution in [0, 0.1) is 10.1 Å². The van der Waals surface area contributed by atoms with Crippen molar-refractivity contribution in [2.75, 3.05) is 4.90 Å². The number of urea groups is 1. The molecule has 2 N–H and O–H groups in total. The minimum Gasteiger partial charge on any atom is -0.453 e. The molecule has 0 aliphatic carbocycles. The number of nitrogens with zero attached hydrogens (tertiary/aromatic N) is 2. The van der Waals surface area contributed by atoms with Gasteiger partial charge >= 0.3 is 12.0 Å². The fourth-order valence-corrected chi connectivity index (χ4v) is 3.56. The molecule has 1 atom stereocenters. The van der Waals surface area contributed by atoms with Crippen LogP contribution in [0.4, 0.5) is 21.9 Å². The number of primary amides is 1. The van der Waals surface area contributed by atoms with Crippen molar-refractivity contribution in [2.24, 2.45) is 5.73 Å². The van der Waals surface area contributed by atoms with Gasteiger partial charge in [0.2, 0.25) is 0 Å². The number of nitrogens with two attached hydrogens (primary N) is 1. The van der Waals surface area contributed by atoms with Crippen LogP contribution in [0.5, 0.6) is 0 Å². The van der Waals surface area contributed by atoms with E-state index in [0.717, 1.165) is 5.56 Å². The number of ether oxygens (including phenoxy) is 1. The van der Waals surface area contributed by atoms with Gasteiger partial charge in [-0.05, 0) is 29.8 Å². The zero-order valence-corrected chi connectivity index (χ0v) is 15.7. The minimum absolute atomic E-state index is 0.114. The van der Waals surface area contributed by atoms with Gasteiger partial charge < -0.3 is 10.5 Å². The van der Waals surface area contributed by atoms with Crippen LogP contribution >= 0.6 is 0 Å². The molecule has 0 saturated carbocycles. The first-order valence-corrected chi connectivity index (χ1v) is 9.17. The van der Waals surface area contributed by atoms with Crippen LogP contribution in [0.15, 0.2) is 72.8 Å². The van der Waals surface area contributed by atoms with Crippen molar-refractivity contribution in [3.05, 3.63) is 99.6 Å². The Labute approximate surface area is 171 Å². The fraction of sp³-hybridized carbons (Fsp3) is 0.0909. The fourth-order valence-electron chi connectivity index (χ4n) is 3.56. The number of nitro groups is 1. The van der Waals surface area contributed by atoms with Crippen molar-refractivity contribution < 1.29 is 19.2 Å². The molecule has 0 unspecified atom stereocenters. The topological polar surface area (TPSA) is 116 Å². The minimum atomic E-state index is -0.672. The molecule has 8 heteroatoms. The molecular weight excluding hydrogens is 386 g/mol. The molecule has 150 valence electrons. The van der Waals surface area contributed by atoms with E-state index in [2.05, 4.69) is 0 Å². The molecule has 0 radical (unpaired) electrons. The largest absolute Gasteiger partial charge is 0.453 e. The van der Waals surface area contributed by atoms with Crippen LogP contribution in [-0.4, -0.2) is 16.9 Å². The van der Waals surface area contributed by atoms with Gasteiger partial charge in [0.25, 0.3) is 5.69 Å². The van der Waals surface area contributed by atoms with E-state index in [1.807, 2.05) is 12.1 Å². The molecule has 8 nitrogen and oxygen atoms in total. The first-order chi connectivity index (χ1) is 14.5. The van der Waals surface area contributed by atoms with Gasteiger partial charge in [0.15, 0.2) is 0 Å². The monoisotopic (exact) mass is 403 g/mol. The van der Waals surface area contributed by atoms with E-state index in [1.54, 1.807) is 36.4 Å². The zero-order chi connectivity index (χ0) is 21.3. The molecule has 2 amide bonds. The molecule has 0 fully saturated rings. The van der Waals surface area contributed by atoms with Crippen LogP contribution in [-0.2, 0) is 11.2 Å². The second-order valence-electron chi connectivity index (χ2n) is 6.76. The molecule has 0 saturated heterocycles. The van der Waals surface area contributed by atoms with Gasteiger partial charge in [0.1, 0.15) is 6.10 Å². The van der Waals surface area contributed by atoms with E-state index >= 15 is 0 Å². The first-order valence-electron chi connectivity index (χ1n) is 9.17. The highest BCUT2D eigenvalue weighted by molar-refractivity contribution is 6.00. The average molecular weight is 403 g/mol. The van der Waals surface area contributed by atoms with Gasteiger partial charge in [0, 0.05) is 24.1 Å². The number of hydrogen-bond donors (Lipinski definition) is 1. The Morgan fingerprint density at radius 1 is 0.967 bits per heavy atom. The molecule has 4 rings (SSSR count). The molecule has 0 bridgehead atoms. The number of benzene rings is 3. The Balaban J connectivity index is 1.72. The van der Waals surface area contributed by atoms with Crippen molar-refractivity contribution >= 4 is 29.1 Å². The van der Waals surface area contributed by atoms with Crippen LogP contribution < -0.4 is 10.6 Å². The molecule has 3 aromatic carbocycles. The number of anilines is 2. The molecule has 1 aliphatic rings. The average Bonchev–Trinajstić information content (AvgIpc) is 2.88. The summed E-state index contributed by atoms with van der Waals surface area (Å²) in [4.78, 5) is 36.7. The van der Waals surface area contributed by atoms with Crippen LogP contribution in [0.25, 0.3) is 0 Å². The summed E-state index contributed by atoms with van der Waals surface area (Å²) in [6.45, 7) is 0. The molecule has 30 heavy (non-hydrogen) atoms. The lowest BCUT2D eigenvalue weighted by molar-refractivity contribution is -0.384. The van der Waals surface area contributed by atoms with Crippen molar-refractivity contribution in [3.8, 4) is 0 Å². The zero-order valence-electron chi connectivity index (χ0n) is 15.7. The predicted octanol–water partition coefficient (Wildman–Crippen LogP) is 4.27. The maximum atomic E-state index is 12.7. The number of carbonyl (C=O) groups excluding carboxylic acids is 2. The van der Waals surface area contributed by atoms with Crippen LogP contribution in [0.1, 0.15) is 27.6 Å². The highest BCUT2D eigenvalue weighted by Crippen LogP contribution is 2.41.